The summed E-state index contributed by atoms with van der Waals surface area (Å²) in [5.41, 5.74) is 0. The second kappa shape index (κ2) is 3.39. The van der Waals surface area contributed by atoms with Crippen molar-refractivity contribution in [3.05, 3.63) is 0 Å². The van der Waals surface area contributed by atoms with Crippen molar-refractivity contribution in [3.63, 3.8) is 0 Å². The zero-order chi connectivity index (χ0) is 13.9. The first-order valence-corrected chi connectivity index (χ1v) is 7.29. The average Bonchev–Trinajstić information content (AvgIpc) is 2.97. The molecule has 0 aromatic rings. The van der Waals surface area contributed by atoms with Crippen LogP contribution in [0, 0.1) is 29.6 Å². The van der Waals surface area contributed by atoms with E-state index >= 15 is 0 Å². The molecule has 5 fully saturated rings. The van der Waals surface area contributed by atoms with Gasteiger partial charge in [0.1, 0.15) is 0 Å². The molecule has 0 aromatic carbocycles. The molecule has 6 nitrogen and oxygen atoms in total. The van der Waals surface area contributed by atoms with Gasteiger partial charge in [-0.25, -0.2) is 0 Å². The highest BCUT2D eigenvalue weighted by molar-refractivity contribution is 5.19. The van der Waals surface area contributed by atoms with Crippen LogP contribution in [0.2, 0.25) is 0 Å². The topological polar surface area (TPSA) is 55.4 Å². The lowest BCUT2D eigenvalue weighted by atomic mass is 9.83. The van der Waals surface area contributed by atoms with Crippen molar-refractivity contribution in [3.8, 4) is 0 Å². The van der Waals surface area contributed by atoms with E-state index in [1.54, 1.807) is 14.2 Å². The van der Waals surface area contributed by atoms with E-state index in [-0.39, 0.29) is 48.5 Å². The van der Waals surface area contributed by atoms with Crippen molar-refractivity contribution in [1.29, 1.82) is 0 Å². The third-order valence-corrected chi connectivity index (χ3v) is 6.10. The van der Waals surface area contributed by atoms with Crippen LogP contribution in [0.5, 0.6) is 0 Å². The molecule has 2 bridgehead atoms. The zero-order valence-corrected chi connectivity index (χ0v) is 12.1. The summed E-state index contributed by atoms with van der Waals surface area (Å²) in [7, 11) is 3.38. The summed E-state index contributed by atoms with van der Waals surface area (Å²) in [5, 5.41) is 0. The van der Waals surface area contributed by atoms with E-state index < -0.39 is 11.6 Å². The van der Waals surface area contributed by atoms with Crippen molar-refractivity contribution < 1.29 is 28.4 Å². The minimum absolute atomic E-state index is 0.233. The molecule has 0 aromatic heterocycles. The maximum atomic E-state index is 6.18. The van der Waals surface area contributed by atoms with Gasteiger partial charge in [0, 0.05) is 43.8 Å². The Morgan fingerprint density at radius 1 is 0.900 bits per heavy atom. The van der Waals surface area contributed by atoms with Gasteiger partial charge in [-0.05, 0) is 13.8 Å². The van der Waals surface area contributed by atoms with Gasteiger partial charge in [-0.3, -0.25) is 0 Å². The molecule has 5 rings (SSSR count). The smallest absolute Gasteiger partial charge is 0.175 e. The Bertz CT molecular complexity index is 433. The van der Waals surface area contributed by atoms with Gasteiger partial charge in [0.05, 0.1) is 0 Å². The van der Waals surface area contributed by atoms with Crippen molar-refractivity contribution in [1.82, 2.24) is 0 Å². The standard InChI is InChI=1S/C14H20O6/c1-13-8-6-5(10(15-3)16-4)7-9(8)14(2,20-13)19-12(7)17-11(6)18-13/h5-12H,1-4H3/t5?,6-,7+,8-,9-,11+,12-,13+,14-/m1/s1. The monoisotopic (exact) mass is 284 g/mol. The normalized spacial score (nSPS) is 65.0. The molecule has 0 radical (unpaired) electrons. The Labute approximate surface area is 117 Å². The molecule has 0 spiro atoms. The van der Waals surface area contributed by atoms with Crippen LogP contribution in [-0.2, 0) is 28.4 Å². The lowest BCUT2D eigenvalue weighted by Crippen LogP contribution is -2.48. The Kier molecular flexibility index (Phi) is 2.09. The summed E-state index contributed by atoms with van der Waals surface area (Å²) in [6.45, 7) is 4.02. The summed E-state index contributed by atoms with van der Waals surface area (Å²) in [5.74, 6) is 0.0823. The Morgan fingerprint density at radius 3 is 1.85 bits per heavy atom. The molecular weight excluding hydrogens is 264 g/mol. The van der Waals surface area contributed by atoms with Crippen LogP contribution in [0.4, 0.5) is 0 Å². The highest BCUT2D eigenvalue weighted by atomic mass is 16.9. The number of ether oxygens (including phenoxy) is 6. The first kappa shape index (κ1) is 12.3. The van der Waals surface area contributed by atoms with Gasteiger partial charge in [-0.15, -0.1) is 0 Å². The molecule has 1 aliphatic carbocycles. The van der Waals surface area contributed by atoms with E-state index in [2.05, 4.69) is 0 Å². The maximum absolute atomic E-state index is 6.18. The zero-order valence-electron chi connectivity index (χ0n) is 12.1. The summed E-state index contributed by atoms with van der Waals surface area (Å²) in [6.07, 6.45) is -0.806. The molecule has 0 N–H and O–H groups in total. The van der Waals surface area contributed by atoms with Crippen LogP contribution in [0.15, 0.2) is 0 Å². The van der Waals surface area contributed by atoms with Crippen molar-refractivity contribution >= 4 is 0 Å². The second-order valence-electron chi connectivity index (χ2n) is 6.87. The Balaban J connectivity index is 1.66. The van der Waals surface area contributed by atoms with E-state index in [9.17, 15) is 0 Å². The van der Waals surface area contributed by atoms with Crippen molar-refractivity contribution in [2.24, 2.45) is 29.6 Å². The minimum atomic E-state index is -0.612. The average molecular weight is 284 g/mol. The molecule has 112 valence electrons. The van der Waals surface area contributed by atoms with Crippen LogP contribution in [-0.4, -0.2) is 44.7 Å². The highest BCUT2D eigenvalue weighted by Crippen LogP contribution is 2.74. The molecule has 1 saturated carbocycles. The quantitative estimate of drug-likeness (QED) is 0.718. The SMILES string of the molecule is COC(OC)C1[C@@H]2[C@@H]3O[C@H]4O[C@@]5(C)O[C@@](C)(O3)[C@H]2[C@H]5[C@@H]14. The fraction of sp³-hybridized carbons (Fsp3) is 1.00. The number of hydrogen-bond donors (Lipinski definition) is 0. The first-order chi connectivity index (χ1) is 9.52. The lowest BCUT2D eigenvalue weighted by molar-refractivity contribution is -0.409. The Morgan fingerprint density at radius 2 is 1.40 bits per heavy atom. The molecule has 20 heavy (non-hydrogen) atoms. The van der Waals surface area contributed by atoms with Gasteiger partial charge in [-0.2, -0.15) is 0 Å². The molecule has 4 heterocycles. The Hall–Kier alpha value is -0.240. The van der Waals surface area contributed by atoms with Gasteiger partial charge >= 0.3 is 0 Å². The highest BCUT2D eigenvalue weighted by Gasteiger charge is 2.83. The second-order valence-corrected chi connectivity index (χ2v) is 6.87. The summed E-state index contributed by atoms with van der Waals surface area (Å²) >= 11 is 0. The van der Waals surface area contributed by atoms with Crippen LogP contribution in [0.1, 0.15) is 13.8 Å². The van der Waals surface area contributed by atoms with Gasteiger partial charge in [0.2, 0.25) is 0 Å². The van der Waals surface area contributed by atoms with Crippen molar-refractivity contribution in [2.75, 3.05) is 14.2 Å². The van der Waals surface area contributed by atoms with Gasteiger partial charge in [0.25, 0.3) is 0 Å². The van der Waals surface area contributed by atoms with E-state index in [0.717, 1.165) is 0 Å². The first-order valence-electron chi connectivity index (χ1n) is 7.29. The van der Waals surface area contributed by atoms with Crippen LogP contribution < -0.4 is 0 Å². The molecule has 0 amide bonds. The van der Waals surface area contributed by atoms with Crippen molar-refractivity contribution in [2.45, 2.75) is 44.3 Å². The third kappa shape index (κ3) is 1.09. The van der Waals surface area contributed by atoms with E-state index in [1.165, 1.54) is 0 Å². The van der Waals surface area contributed by atoms with E-state index in [0.29, 0.717) is 0 Å². The molecule has 9 atom stereocenters. The van der Waals surface area contributed by atoms with E-state index in [1.807, 2.05) is 13.8 Å². The van der Waals surface area contributed by atoms with Crippen LogP contribution in [0.3, 0.4) is 0 Å². The predicted octanol–water partition coefficient (Wildman–Crippen LogP) is 0.905. The van der Waals surface area contributed by atoms with Crippen LogP contribution >= 0.6 is 0 Å². The fourth-order valence-electron chi connectivity index (χ4n) is 5.77. The summed E-state index contributed by atoms with van der Waals surface area (Å²) < 4.78 is 35.5. The van der Waals surface area contributed by atoms with Gasteiger partial charge in [-0.1, -0.05) is 0 Å². The fourth-order valence-corrected chi connectivity index (χ4v) is 5.77. The number of rotatable bonds is 3. The van der Waals surface area contributed by atoms with E-state index in [4.69, 9.17) is 28.4 Å². The van der Waals surface area contributed by atoms with Crippen LogP contribution in [0.25, 0.3) is 0 Å². The molecule has 6 heteroatoms. The molecule has 1 unspecified atom stereocenters. The number of methoxy groups -OCH3 is 2. The summed E-state index contributed by atoms with van der Waals surface area (Å²) in [4.78, 5) is 0. The largest absolute Gasteiger partial charge is 0.356 e. The minimum Gasteiger partial charge on any atom is -0.356 e. The number of hydrogen-bond acceptors (Lipinski definition) is 6. The molecular formula is C14H20O6. The third-order valence-electron chi connectivity index (χ3n) is 6.10. The predicted molar refractivity (Wildman–Crippen MR) is 64.0 cm³/mol. The van der Waals surface area contributed by atoms with Gasteiger partial charge in [0.15, 0.2) is 30.4 Å². The van der Waals surface area contributed by atoms with Gasteiger partial charge < -0.3 is 28.4 Å². The molecule has 4 saturated heterocycles. The molecule has 5 aliphatic rings. The molecule has 4 aliphatic heterocycles. The summed E-state index contributed by atoms with van der Waals surface area (Å²) in [6, 6.07) is 0. The maximum Gasteiger partial charge on any atom is 0.175 e. The lowest BCUT2D eigenvalue weighted by Gasteiger charge is -2.40.